The monoisotopic (exact) mass is 113 g/mol. The van der Waals surface area contributed by atoms with E-state index in [1.165, 1.54) is 4.88 Å². The van der Waals surface area contributed by atoms with Crippen LogP contribution in [-0.4, -0.2) is 0 Å². The second kappa shape index (κ2) is 1.54. The molecule has 1 aromatic heterocycles. The molecule has 0 bridgehead atoms. The lowest BCUT2D eigenvalue weighted by Crippen LogP contribution is -1.75. The Bertz CT molecular complexity index is 140. The molecule has 0 saturated heterocycles. The zero-order valence-corrected chi connectivity index (χ0v) is 4.96. The largest absolute Gasteiger partial charge is 0.398 e. The zero-order chi connectivity index (χ0) is 5.28. The first-order chi connectivity index (χ1) is 3.29. The highest BCUT2D eigenvalue weighted by Gasteiger charge is 1.84. The van der Waals surface area contributed by atoms with Crippen molar-refractivity contribution in [2.75, 3.05) is 5.73 Å². The highest BCUT2D eigenvalue weighted by molar-refractivity contribution is 7.10. The van der Waals surface area contributed by atoms with Crippen LogP contribution < -0.4 is 5.73 Å². The van der Waals surface area contributed by atoms with E-state index in [-0.39, 0.29) is 0 Å². The highest BCUT2D eigenvalue weighted by Crippen LogP contribution is 2.13. The van der Waals surface area contributed by atoms with Gasteiger partial charge < -0.3 is 5.73 Å². The maximum atomic E-state index is 5.39. The van der Waals surface area contributed by atoms with Crippen molar-refractivity contribution < 1.29 is 0 Å². The second-order valence-corrected chi connectivity index (χ2v) is 2.61. The molecule has 0 unspecified atom stereocenters. The summed E-state index contributed by atoms with van der Waals surface area (Å²) in [6.07, 6.45) is 0. The van der Waals surface area contributed by atoms with Crippen LogP contribution in [0.15, 0.2) is 11.4 Å². The van der Waals surface area contributed by atoms with Gasteiger partial charge in [-0.2, -0.15) is 0 Å². The van der Waals surface area contributed by atoms with Gasteiger partial charge in [0, 0.05) is 15.9 Å². The van der Waals surface area contributed by atoms with Crippen molar-refractivity contribution >= 4 is 17.0 Å². The molecule has 0 aromatic carbocycles. The molecule has 7 heavy (non-hydrogen) atoms. The number of anilines is 1. The number of thiophene rings is 1. The Labute approximate surface area is 46.8 Å². The Balaban J connectivity index is 3.04. The molecule has 2 N–H and O–H groups in total. The normalized spacial score (nSPS) is 9.29. The van der Waals surface area contributed by atoms with Gasteiger partial charge in [-0.05, 0) is 13.0 Å². The van der Waals surface area contributed by atoms with Crippen molar-refractivity contribution in [3.8, 4) is 0 Å². The van der Waals surface area contributed by atoms with E-state index >= 15 is 0 Å². The van der Waals surface area contributed by atoms with Gasteiger partial charge in [0.2, 0.25) is 0 Å². The van der Waals surface area contributed by atoms with Crippen molar-refractivity contribution in [2.45, 2.75) is 6.92 Å². The van der Waals surface area contributed by atoms with Gasteiger partial charge in [-0.3, -0.25) is 0 Å². The third-order valence-corrected chi connectivity index (χ3v) is 1.63. The summed E-state index contributed by atoms with van der Waals surface area (Å²) in [6, 6.07) is 1.96. The minimum Gasteiger partial charge on any atom is -0.398 e. The van der Waals surface area contributed by atoms with E-state index in [0.29, 0.717) is 0 Å². The van der Waals surface area contributed by atoms with Gasteiger partial charge in [-0.1, -0.05) is 0 Å². The van der Waals surface area contributed by atoms with Crippen LogP contribution in [0.25, 0.3) is 0 Å². The molecule has 0 aliphatic carbocycles. The third kappa shape index (κ3) is 0.933. The molecule has 0 aliphatic heterocycles. The lowest BCUT2D eigenvalue weighted by molar-refractivity contribution is 1.64. The predicted molar refractivity (Wildman–Crippen MR) is 33.5 cm³/mol. The van der Waals surface area contributed by atoms with Gasteiger partial charge >= 0.3 is 0 Å². The highest BCUT2D eigenvalue weighted by atomic mass is 32.1. The van der Waals surface area contributed by atoms with Gasteiger partial charge in [0.05, 0.1) is 0 Å². The third-order valence-electron chi connectivity index (χ3n) is 0.751. The van der Waals surface area contributed by atoms with E-state index in [2.05, 4.69) is 0 Å². The molecule has 0 radical (unpaired) electrons. The SMILES string of the molecule is Cc1cc(N)cs1. The first-order valence-corrected chi connectivity index (χ1v) is 2.97. The van der Waals surface area contributed by atoms with Crippen molar-refractivity contribution in [3.63, 3.8) is 0 Å². The lowest BCUT2D eigenvalue weighted by atomic mass is 10.5. The average molecular weight is 113 g/mol. The summed E-state index contributed by atoms with van der Waals surface area (Å²) < 4.78 is 0. The van der Waals surface area contributed by atoms with Crippen LogP contribution in [-0.2, 0) is 0 Å². The van der Waals surface area contributed by atoms with E-state index in [1.54, 1.807) is 11.3 Å². The Morgan fingerprint density at radius 2 is 2.43 bits per heavy atom. The molecule has 0 spiro atoms. The fraction of sp³-hybridized carbons (Fsp3) is 0.200. The van der Waals surface area contributed by atoms with Crippen molar-refractivity contribution in [2.24, 2.45) is 0 Å². The smallest absolute Gasteiger partial charge is 0.0425 e. The second-order valence-electron chi connectivity index (χ2n) is 1.49. The van der Waals surface area contributed by atoms with Crippen molar-refractivity contribution in [3.05, 3.63) is 16.3 Å². The summed E-state index contributed by atoms with van der Waals surface area (Å²) in [7, 11) is 0. The Morgan fingerprint density at radius 3 is 2.57 bits per heavy atom. The molecule has 1 rings (SSSR count). The summed E-state index contributed by atoms with van der Waals surface area (Å²) in [5, 5.41) is 1.94. The standard InChI is InChI=1S/C5H7NS/c1-4-2-5(6)3-7-4/h2-3H,6H2,1H3. The average Bonchev–Trinajstić information content (AvgIpc) is 1.87. The molecule has 2 heteroatoms. The van der Waals surface area contributed by atoms with E-state index in [9.17, 15) is 0 Å². The van der Waals surface area contributed by atoms with Crippen LogP contribution >= 0.6 is 11.3 Å². The number of nitrogen functional groups attached to an aromatic ring is 1. The summed E-state index contributed by atoms with van der Waals surface area (Å²) in [6.45, 7) is 2.04. The number of hydrogen-bond donors (Lipinski definition) is 1. The first kappa shape index (κ1) is 4.65. The van der Waals surface area contributed by atoms with Crippen LogP contribution in [0.1, 0.15) is 4.88 Å². The van der Waals surface area contributed by atoms with E-state index in [1.807, 2.05) is 18.4 Å². The minimum absolute atomic E-state index is 0.877. The topological polar surface area (TPSA) is 26.0 Å². The van der Waals surface area contributed by atoms with Gasteiger partial charge in [0.15, 0.2) is 0 Å². The Morgan fingerprint density at radius 1 is 1.71 bits per heavy atom. The van der Waals surface area contributed by atoms with E-state index in [0.717, 1.165) is 5.69 Å². The van der Waals surface area contributed by atoms with Crippen LogP contribution in [0.4, 0.5) is 5.69 Å². The molecule has 38 valence electrons. The fourth-order valence-electron chi connectivity index (χ4n) is 0.464. The van der Waals surface area contributed by atoms with Gasteiger partial charge in [0.25, 0.3) is 0 Å². The number of rotatable bonds is 0. The Kier molecular flexibility index (Phi) is 1.02. The van der Waals surface area contributed by atoms with Gasteiger partial charge in [-0.25, -0.2) is 0 Å². The van der Waals surface area contributed by atoms with Crippen molar-refractivity contribution in [1.82, 2.24) is 0 Å². The molecule has 1 nitrogen and oxygen atoms in total. The minimum atomic E-state index is 0.877. The van der Waals surface area contributed by atoms with Gasteiger partial charge in [0.1, 0.15) is 0 Å². The maximum absolute atomic E-state index is 5.39. The van der Waals surface area contributed by atoms with E-state index < -0.39 is 0 Å². The van der Waals surface area contributed by atoms with Crippen LogP contribution in [0.3, 0.4) is 0 Å². The van der Waals surface area contributed by atoms with E-state index in [4.69, 9.17) is 5.73 Å². The summed E-state index contributed by atoms with van der Waals surface area (Å²) in [5.74, 6) is 0. The van der Waals surface area contributed by atoms with Gasteiger partial charge in [-0.15, -0.1) is 11.3 Å². The number of hydrogen-bond acceptors (Lipinski definition) is 2. The first-order valence-electron chi connectivity index (χ1n) is 2.09. The number of aryl methyl sites for hydroxylation is 1. The van der Waals surface area contributed by atoms with Crippen molar-refractivity contribution in [1.29, 1.82) is 0 Å². The summed E-state index contributed by atoms with van der Waals surface area (Å²) in [4.78, 5) is 1.28. The molecule has 0 amide bonds. The van der Waals surface area contributed by atoms with Crippen LogP contribution in [0, 0.1) is 6.92 Å². The molecular weight excluding hydrogens is 106 g/mol. The molecule has 0 saturated carbocycles. The molecule has 0 fully saturated rings. The predicted octanol–water partition coefficient (Wildman–Crippen LogP) is 1.64. The molecule has 1 heterocycles. The molecular formula is C5H7NS. The number of nitrogens with two attached hydrogens (primary N) is 1. The molecule has 0 atom stereocenters. The quantitative estimate of drug-likeness (QED) is 0.543. The lowest BCUT2D eigenvalue weighted by Gasteiger charge is -1.72. The summed E-state index contributed by atoms with van der Waals surface area (Å²) in [5.41, 5.74) is 6.27. The summed E-state index contributed by atoms with van der Waals surface area (Å²) >= 11 is 1.68. The zero-order valence-electron chi connectivity index (χ0n) is 4.14. The fourth-order valence-corrected chi connectivity index (χ4v) is 1.06. The maximum Gasteiger partial charge on any atom is 0.0425 e. The Hall–Kier alpha value is -0.500. The molecule has 1 aromatic rings. The molecule has 0 aliphatic rings. The van der Waals surface area contributed by atoms with Crippen LogP contribution in [0.5, 0.6) is 0 Å². The van der Waals surface area contributed by atoms with Crippen LogP contribution in [0.2, 0.25) is 0 Å².